The average Bonchev–Trinajstić information content (AvgIpc) is 3.39. The number of furan rings is 1. The smallest absolute Gasteiger partial charge is 0.379 e. The number of nitrogens with zero attached hydrogens (tertiary/aromatic N) is 1. The minimum atomic E-state index is -0.612. The fourth-order valence-electron chi connectivity index (χ4n) is 3.59. The molecule has 0 bridgehead atoms. The number of esters is 1. The second-order valence-electron chi connectivity index (χ2n) is 9.10. The maximum absolute atomic E-state index is 12.6. The average molecular weight is 509 g/mol. The van der Waals surface area contributed by atoms with Crippen LogP contribution in [0.3, 0.4) is 0 Å². The van der Waals surface area contributed by atoms with Gasteiger partial charge in [-0.3, -0.25) is 4.79 Å². The van der Waals surface area contributed by atoms with Crippen LogP contribution in [0.2, 0.25) is 0 Å². The molecule has 4 rings (SSSR count). The molecule has 0 spiro atoms. The Morgan fingerprint density at radius 2 is 1.91 bits per heavy atom. The quantitative estimate of drug-likeness (QED) is 0.197. The normalized spacial score (nSPS) is 17.7. The molecule has 1 fully saturated rings. The van der Waals surface area contributed by atoms with Gasteiger partial charge in [-0.2, -0.15) is 5.10 Å². The minimum absolute atomic E-state index is 0.0959. The number of ether oxygens (including phenoxy) is 1. The van der Waals surface area contributed by atoms with Gasteiger partial charge in [0, 0.05) is 16.0 Å². The van der Waals surface area contributed by atoms with Crippen molar-refractivity contribution in [3.05, 3.63) is 87.8 Å². The third-order valence-corrected chi connectivity index (χ3v) is 6.10. The first kappa shape index (κ1) is 23.0. The number of hydrazone groups is 1. The molecule has 1 amide bonds. The van der Waals surface area contributed by atoms with Crippen molar-refractivity contribution < 1.29 is 18.7 Å². The summed E-state index contributed by atoms with van der Waals surface area (Å²) in [7, 11) is 0. The van der Waals surface area contributed by atoms with E-state index in [0.717, 1.165) is 10.9 Å². The Labute approximate surface area is 201 Å². The van der Waals surface area contributed by atoms with Crippen LogP contribution in [0.5, 0.6) is 5.75 Å². The molecule has 0 saturated heterocycles. The molecule has 1 saturated carbocycles. The first-order valence-electron chi connectivity index (χ1n) is 10.7. The van der Waals surface area contributed by atoms with Gasteiger partial charge < -0.3 is 9.15 Å². The van der Waals surface area contributed by atoms with E-state index in [2.05, 4.69) is 71.5 Å². The summed E-state index contributed by atoms with van der Waals surface area (Å²) in [5.74, 6) is -0.212. The molecule has 33 heavy (non-hydrogen) atoms. The SMILES string of the molecule is CC(C)(C)c1ccc([C@@H]2C[C@H]2C(=O)N/N=C/c2cc(Br)ccc2OC(=O)c2ccco2)cc1. The molecule has 1 aliphatic carbocycles. The van der Waals surface area contributed by atoms with Gasteiger partial charge in [0.15, 0.2) is 0 Å². The Morgan fingerprint density at radius 1 is 1.15 bits per heavy atom. The van der Waals surface area contributed by atoms with Crippen LogP contribution in [0.1, 0.15) is 60.4 Å². The predicted octanol–water partition coefficient (Wildman–Crippen LogP) is 5.81. The summed E-state index contributed by atoms with van der Waals surface area (Å²) in [5.41, 5.74) is 5.70. The summed E-state index contributed by atoms with van der Waals surface area (Å²) in [4.78, 5) is 24.8. The molecule has 1 heterocycles. The van der Waals surface area contributed by atoms with Crippen molar-refractivity contribution in [3.63, 3.8) is 0 Å². The highest BCUT2D eigenvalue weighted by atomic mass is 79.9. The molecule has 170 valence electrons. The Bertz CT molecular complexity index is 1180. The number of rotatable bonds is 6. The van der Waals surface area contributed by atoms with Gasteiger partial charge in [-0.15, -0.1) is 0 Å². The molecule has 1 aliphatic rings. The Hall–Kier alpha value is -3.19. The zero-order valence-electron chi connectivity index (χ0n) is 18.7. The van der Waals surface area contributed by atoms with E-state index in [1.54, 1.807) is 24.3 Å². The van der Waals surface area contributed by atoms with E-state index in [1.165, 1.54) is 29.7 Å². The molecule has 2 aromatic carbocycles. The van der Waals surface area contributed by atoms with Gasteiger partial charge in [0.05, 0.1) is 12.5 Å². The zero-order valence-corrected chi connectivity index (χ0v) is 20.3. The number of hydrogen-bond donors (Lipinski definition) is 1. The highest BCUT2D eigenvalue weighted by Crippen LogP contribution is 2.47. The van der Waals surface area contributed by atoms with E-state index in [1.807, 2.05) is 0 Å². The van der Waals surface area contributed by atoms with Gasteiger partial charge in [0.2, 0.25) is 11.7 Å². The zero-order chi connectivity index (χ0) is 23.6. The standard InChI is InChI=1S/C26H25BrN2O4/c1-26(2,3)18-8-6-16(7-9-18)20-14-21(20)24(30)29-28-15-17-13-19(27)10-11-22(17)33-25(31)23-5-4-12-32-23/h4-13,15,20-21H,14H2,1-3H3,(H,29,30)/b28-15+/t20-,21+/m0/s1. The number of nitrogens with one attached hydrogen (secondary N) is 1. The van der Waals surface area contributed by atoms with Crippen LogP contribution in [0, 0.1) is 5.92 Å². The Balaban J connectivity index is 1.37. The lowest BCUT2D eigenvalue weighted by atomic mass is 9.86. The minimum Gasteiger partial charge on any atom is -0.457 e. The number of halogens is 1. The first-order valence-corrected chi connectivity index (χ1v) is 11.5. The second kappa shape index (κ2) is 9.35. The van der Waals surface area contributed by atoms with Gasteiger partial charge in [-0.05, 0) is 59.2 Å². The fraction of sp³-hybridized carbons (Fsp3) is 0.269. The number of hydrogen-bond acceptors (Lipinski definition) is 5. The molecular weight excluding hydrogens is 484 g/mol. The topological polar surface area (TPSA) is 80.9 Å². The van der Waals surface area contributed by atoms with Crippen LogP contribution in [-0.2, 0) is 10.2 Å². The third kappa shape index (κ3) is 5.60. The second-order valence-corrected chi connectivity index (χ2v) is 10.0. The lowest BCUT2D eigenvalue weighted by Crippen LogP contribution is -2.20. The summed E-state index contributed by atoms with van der Waals surface area (Å²) in [6, 6.07) is 16.8. The van der Waals surface area contributed by atoms with Crippen molar-refractivity contribution in [2.24, 2.45) is 11.0 Å². The first-order chi connectivity index (χ1) is 15.7. The largest absolute Gasteiger partial charge is 0.457 e. The molecule has 3 aromatic rings. The van der Waals surface area contributed by atoms with Crippen LogP contribution in [0.4, 0.5) is 0 Å². The number of amides is 1. The summed E-state index contributed by atoms with van der Waals surface area (Å²) in [6.45, 7) is 6.55. The molecule has 0 aliphatic heterocycles. The van der Waals surface area contributed by atoms with Crippen LogP contribution >= 0.6 is 15.9 Å². The van der Waals surface area contributed by atoms with Crippen LogP contribution in [0.25, 0.3) is 0 Å². The van der Waals surface area contributed by atoms with Gasteiger partial charge in [-0.25, -0.2) is 10.2 Å². The molecule has 0 radical (unpaired) electrons. The van der Waals surface area contributed by atoms with Gasteiger partial charge >= 0.3 is 5.97 Å². The summed E-state index contributed by atoms with van der Waals surface area (Å²) in [6.07, 6.45) is 3.67. The van der Waals surface area contributed by atoms with E-state index in [-0.39, 0.29) is 28.9 Å². The lowest BCUT2D eigenvalue weighted by Gasteiger charge is -2.19. The predicted molar refractivity (Wildman–Crippen MR) is 130 cm³/mol. The van der Waals surface area contributed by atoms with E-state index in [0.29, 0.717) is 11.3 Å². The van der Waals surface area contributed by atoms with E-state index >= 15 is 0 Å². The highest BCUT2D eigenvalue weighted by Gasteiger charge is 2.44. The molecule has 1 N–H and O–H groups in total. The monoisotopic (exact) mass is 508 g/mol. The molecule has 7 heteroatoms. The summed E-state index contributed by atoms with van der Waals surface area (Å²) < 4.78 is 11.3. The maximum atomic E-state index is 12.6. The van der Waals surface area contributed by atoms with Crippen molar-refractivity contribution in [1.82, 2.24) is 5.43 Å². The van der Waals surface area contributed by atoms with Gasteiger partial charge in [0.25, 0.3) is 0 Å². The molecule has 2 atom stereocenters. The van der Waals surface area contributed by atoms with Crippen molar-refractivity contribution in [3.8, 4) is 5.75 Å². The van der Waals surface area contributed by atoms with Crippen LogP contribution in [0.15, 0.2) is 74.9 Å². The lowest BCUT2D eigenvalue weighted by molar-refractivity contribution is -0.122. The Kier molecular flexibility index (Phi) is 6.51. The third-order valence-electron chi connectivity index (χ3n) is 5.61. The van der Waals surface area contributed by atoms with Crippen molar-refractivity contribution in [2.45, 2.75) is 38.5 Å². The van der Waals surface area contributed by atoms with E-state index in [9.17, 15) is 9.59 Å². The van der Waals surface area contributed by atoms with Crippen molar-refractivity contribution >= 4 is 34.0 Å². The van der Waals surface area contributed by atoms with Crippen LogP contribution < -0.4 is 10.2 Å². The maximum Gasteiger partial charge on any atom is 0.379 e. The molecule has 0 unspecified atom stereocenters. The number of carbonyl (C=O) groups is 2. The van der Waals surface area contributed by atoms with Gasteiger partial charge in [0.1, 0.15) is 5.75 Å². The number of carbonyl (C=O) groups excluding carboxylic acids is 2. The molecular formula is C26H25BrN2O4. The molecule has 6 nitrogen and oxygen atoms in total. The van der Waals surface area contributed by atoms with E-state index in [4.69, 9.17) is 9.15 Å². The van der Waals surface area contributed by atoms with E-state index < -0.39 is 5.97 Å². The summed E-state index contributed by atoms with van der Waals surface area (Å²) >= 11 is 3.40. The molecule has 1 aromatic heterocycles. The number of benzene rings is 2. The highest BCUT2D eigenvalue weighted by molar-refractivity contribution is 9.10. The van der Waals surface area contributed by atoms with Crippen molar-refractivity contribution in [2.75, 3.05) is 0 Å². The van der Waals surface area contributed by atoms with Gasteiger partial charge in [-0.1, -0.05) is 61.0 Å². The van der Waals surface area contributed by atoms with Crippen molar-refractivity contribution in [1.29, 1.82) is 0 Å². The summed E-state index contributed by atoms with van der Waals surface area (Å²) in [5, 5.41) is 4.09. The fourth-order valence-corrected chi connectivity index (χ4v) is 3.97. The Morgan fingerprint density at radius 3 is 2.58 bits per heavy atom. The van der Waals surface area contributed by atoms with Crippen LogP contribution in [-0.4, -0.2) is 18.1 Å².